The van der Waals surface area contributed by atoms with E-state index < -0.39 is 0 Å². The Morgan fingerprint density at radius 2 is 2.31 bits per heavy atom. The Bertz CT molecular complexity index is 312. The number of benzene rings is 1. The normalized spacial score (nSPS) is 17.4. The van der Waals surface area contributed by atoms with Crippen LogP contribution in [-0.4, -0.2) is 25.0 Å². The lowest BCUT2D eigenvalue weighted by molar-refractivity contribution is 0.346. The highest BCUT2D eigenvalue weighted by Gasteiger charge is 2.10. The van der Waals surface area contributed by atoms with Crippen molar-refractivity contribution in [2.75, 3.05) is 25.5 Å². The molecular weight excluding hydrogens is 184 g/mol. The fourth-order valence-corrected chi connectivity index (χ4v) is 1.77. The first-order valence-corrected chi connectivity index (χ1v) is 4.84. The van der Waals surface area contributed by atoms with Gasteiger partial charge in [-0.15, -0.1) is 0 Å². The Morgan fingerprint density at radius 3 is 3.15 bits per heavy atom. The third kappa shape index (κ3) is 1.95. The summed E-state index contributed by atoms with van der Waals surface area (Å²) >= 11 is 5.91. The van der Waals surface area contributed by atoms with Crippen molar-refractivity contribution in [2.24, 2.45) is 0 Å². The Balaban J connectivity index is 2.34. The molecule has 0 radical (unpaired) electrons. The van der Waals surface area contributed by atoms with Gasteiger partial charge in [-0.25, -0.2) is 0 Å². The SMILES string of the molecule is CN1CCNc2cc(Cl)ccc2C1. The van der Waals surface area contributed by atoms with Crippen molar-refractivity contribution >= 4 is 17.3 Å². The van der Waals surface area contributed by atoms with Crippen LogP contribution in [0.15, 0.2) is 18.2 Å². The van der Waals surface area contributed by atoms with Crippen molar-refractivity contribution in [2.45, 2.75) is 6.54 Å². The van der Waals surface area contributed by atoms with E-state index in [1.807, 2.05) is 12.1 Å². The van der Waals surface area contributed by atoms with Crippen LogP contribution in [0.25, 0.3) is 0 Å². The molecule has 0 aromatic heterocycles. The fourth-order valence-electron chi connectivity index (χ4n) is 1.60. The maximum Gasteiger partial charge on any atom is 0.0426 e. The molecule has 1 aromatic carbocycles. The fraction of sp³-hybridized carbons (Fsp3) is 0.400. The number of halogens is 1. The number of hydrogen-bond donors (Lipinski definition) is 1. The van der Waals surface area contributed by atoms with Crippen molar-refractivity contribution in [3.8, 4) is 0 Å². The molecule has 0 atom stereocenters. The lowest BCUT2D eigenvalue weighted by Crippen LogP contribution is -2.20. The van der Waals surface area contributed by atoms with Crippen LogP contribution in [0.4, 0.5) is 5.69 Å². The highest BCUT2D eigenvalue weighted by Crippen LogP contribution is 2.23. The summed E-state index contributed by atoms with van der Waals surface area (Å²) in [4.78, 5) is 2.30. The Labute approximate surface area is 83.5 Å². The maximum atomic E-state index is 5.91. The van der Waals surface area contributed by atoms with E-state index in [9.17, 15) is 0 Å². The number of likely N-dealkylation sites (N-methyl/N-ethyl adjacent to an activating group) is 1. The number of anilines is 1. The third-order valence-electron chi connectivity index (χ3n) is 2.32. The van der Waals surface area contributed by atoms with Crippen molar-refractivity contribution < 1.29 is 0 Å². The van der Waals surface area contributed by atoms with Gasteiger partial charge in [0, 0.05) is 30.3 Å². The molecule has 1 aromatic rings. The molecule has 1 heterocycles. The van der Waals surface area contributed by atoms with E-state index in [4.69, 9.17) is 11.6 Å². The van der Waals surface area contributed by atoms with Crippen LogP contribution in [0.5, 0.6) is 0 Å². The van der Waals surface area contributed by atoms with Crippen LogP contribution < -0.4 is 5.32 Å². The van der Waals surface area contributed by atoms with Crippen molar-refractivity contribution in [3.63, 3.8) is 0 Å². The number of rotatable bonds is 0. The van der Waals surface area contributed by atoms with E-state index in [2.05, 4.69) is 23.3 Å². The second-order valence-corrected chi connectivity index (χ2v) is 3.90. The van der Waals surface area contributed by atoms with Gasteiger partial charge in [0.15, 0.2) is 0 Å². The molecular formula is C10H13ClN2. The summed E-state index contributed by atoms with van der Waals surface area (Å²) in [7, 11) is 2.13. The first-order valence-electron chi connectivity index (χ1n) is 4.46. The predicted molar refractivity (Wildman–Crippen MR) is 56.3 cm³/mol. The zero-order valence-corrected chi connectivity index (χ0v) is 8.43. The minimum atomic E-state index is 0.802. The molecule has 1 aliphatic rings. The Hall–Kier alpha value is -0.730. The standard InChI is InChI=1S/C10H13ClN2/c1-13-5-4-12-10-6-9(11)3-2-8(10)7-13/h2-3,6,12H,4-5,7H2,1H3. The molecule has 3 heteroatoms. The average Bonchev–Trinajstić information content (AvgIpc) is 2.25. The van der Waals surface area contributed by atoms with E-state index >= 15 is 0 Å². The molecule has 0 bridgehead atoms. The first kappa shape index (κ1) is 8.85. The Kier molecular flexibility index (Phi) is 2.42. The quantitative estimate of drug-likeness (QED) is 0.685. The minimum Gasteiger partial charge on any atom is -0.383 e. The van der Waals surface area contributed by atoms with Crippen molar-refractivity contribution in [1.29, 1.82) is 0 Å². The summed E-state index contributed by atoms with van der Waals surface area (Å²) in [5.74, 6) is 0. The highest BCUT2D eigenvalue weighted by atomic mass is 35.5. The van der Waals surface area contributed by atoms with E-state index in [0.29, 0.717) is 0 Å². The molecule has 70 valence electrons. The zero-order chi connectivity index (χ0) is 9.26. The van der Waals surface area contributed by atoms with Gasteiger partial charge in [0.05, 0.1) is 0 Å². The summed E-state index contributed by atoms with van der Waals surface area (Å²) in [6.07, 6.45) is 0. The second-order valence-electron chi connectivity index (χ2n) is 3.47. The highest BCUT2D eigenvalue weighted by molar-refractivity contribution is 6.30. The first-order chi connectivity index (χ1) is 6.25. The zero-order valence-electron chi connectivity index (χ0n) is 7.68. The van der Waals surface area contributed by atoms with Crippen LogP contribution in [0.1, 0.15) is 5.56 Å². The molecule has 0 saturated heterocycles. The third-order valence-corrected chi connectivity index (χ3v) is 2.56. The van der Waals surface area contributed by atoms with Gasteiger partial charge in [-0.3, -0.25) is 0 Å². The van der Waals surface area contributed by atoms with Gasteiger partial charge in [-0.05, 0) is 24.7 Å². The summed E-state index contributed by atoms with van der Waals surface area (Å²) in [6.45, 7) is 3.07. The molecule has 1 N–H and O–H groups in total. The summed E-state index contributed by atoms with van der Waals surface area (Å²) in [6, 6.07) is 6.03. The lowest BCUT2D eigenvalue weighted by atomic mass is 10.2. The largest absolute Gasteiger partial charge is 0.383 e. The number of hydrogen-bond acceptors (Lipinski definition) is 2. The monoisotopic (exact) mass is 196 g/mol. The van der Waals surface area contributed by atoms with Gasteiger partial charge in [0.2, 0.25) is 0 Å². The molecule has 0 unspecified atom stereocenters. The minimum absolute atomic E-state index is 0.802. The second kappa shape index (κ2) is 3.56. The van der Waals surface area contributed by atoms with E-state index in [1.165, 1.54) is 11.3 Å². The van der Waals surface area contributed by atoms with E-state index in [0.717, 1.165) is 24.7 Å². The summed E-state index contributed by atoms with van der Waals surface area (Å²) in [5, 5.41) is 4.17. The summed E-state index contributed by atoms with van der Waals surface area (Å²) in [5.41, 5.74) is 2.50. The van der Waals surface area contributed by atoms with Crippen LogP contribution >= 0.6 is 11.6 Å². The topological polar surface area (TPSA) is 15.3 Å². The molecule has 2 nitrogen and oxygen atoms in total. The molecule has 0 aliphatic carbocycles. The van der Waals surface area contributed by atoms with Gasteiger partial charge >= 0.3 is 0 Å². The number of nitrogens with zero attached hydrogens (tertiary/aromatic N) is 1. The number of fused-ring (bicyclic) bond motifs is 1. The smallest absolute Gasteiger partial charge is 0.0426 e. The van der Waals surface area contributed by atoms with Crippen molar-refractivity contribution in [3.05, 3.63) is 28.8 Å². The van der Waals surface area contributed by atoms with Crippen LogP contribution in [0, 0.1) is 0 Å². The van der Waals surface area contributed by atoms with Gasteiger partial charge in [-0.1, -0.05) is 17.7 Å². The van der Waals surface area contributed by atoms with Gasteiger partial charge in [0.25, 0.3) is 0 Å². The number of nitrogens with one attached hydrogen (secondary N) is 1. The van der Waals surface area contributed by atoms with Crippen LogP contribution in [-0.2, 0) is 6.54 Å². The van der Waals surface area contributed by atoms with Crippen molar-refractivity contribution in [1.82, 2.24) is 4.90 Å². The van der Waals surface area contributed by atoms with Crippen LogP contribution in [0.3, 0.4) is 0 Å². The molecule has 13 heavy (non-hydrogen) atoms. The van der Waals surface area contributed by atoms with Gasteiger partial charge in [0.1, 0.15) is 0 Å². The Morgan fingerprint density at radius 1 is 1.46 bits per heavy atom. The van der Waals surface area contributed by atoms with Gasteiger partial charge in [-0.2, -0.15) is 0 Å². The summed E-state index contributed by atoms with van der Waals surface area (Å²) < 4.78 is 0. The molecule has 1 aliphatic heterocycles. The van der Waals surface area contributed by atoms with E-state index in [-0.39, 0.29) is 0 Å². The lowest BCUT2D eigenvalue weighted by Gasteiger charge is -2.12. The molecule has 0 fully saturated rings. The van der Waals surface area contributed by atoms with Crippen LogP contribution in [0.2, 0.25) is 5.02 Å². The maximum absolute atomic E-state index is 5.91. The molecule has 0 saturated carbocycles. The van der Waals surface area contributed by atoms with Gasteiger partial charge < -0.3 is 10.2 Å². The van der Waals surface area contributed by atoms with E-state index in [1.54, 1.807) is 0 Å². The molecule has 2 rings (SSSR count). The average molecular weight is 197 g/mol. The molecule has 0 spiro atoms. The predicted octanol–water partition coefficient (Wildman–Crippen LogP) is 2.20. The molecule has 0 amide bonds.